The Morgan fingerprint density at radius 1 is 1.25 bits per heavy atom. The molecule has 1 unspecified atom stereocenters. The van der Waals surface area contributed by atoms with Gasteiger partial charge in [0.1, 0.15) is 5.75 Å². The molecule has 0 saturated carbocycles. The summed E-state index contributed by atoms with van der Waals surface area (Å²) < 4.78 is 5.36. The average molecular weight is 344 g/mol. The molecule has 3 nitrogen and oxygen atoms in total. The Hall–Kier alpha value is -2.00. The molecule has 2 aromatic rings. The number of amides is 1. The smallest absolute Gasteiger partial charge is 0.258 e. The standard InChI is InChI=1S/C20H22ClNO2/c1-13-12-20(2,3)22(18-9-8-16(24-4)11-17(13)18)19(23)14-6-5-7-15(21)10-14/h5-11,13H,12H2,1-4H3. The summed E-state index contributed by atoms with van der Waals surface area (Å²) in [5.41, 5.74) is 2.42. The second-order valence-corrected chi connectivity index (χ2v) is 7.43. The van der Waals surface area contributed by atoms with E-state index in [2.05, 4.69) is 20.8 Å². The molecule has 0 bridgehead atoms. The minimum atomic E-state index is -0.277. The maximum atomic E-state index is 13.2. The van der Waals surface area contributed by atoms with Crippen molar-refractivity contribution in [3.05, 3.63) is 58.6 Å². The van der Waals surface area contributed by atoms with Crippen LogP contribution in [0, 0.1) is 0 Å². The topological polar surface area (TPSA) is 29.5 Å². The van der Waals surface area contributed by atoms with Gasteiger partial charge >= 0.3 is 0 Å². The van der Waals surface area contributed by atoms with Gasteiger partial charge in [0.2, 0.25) is 0 Å². The highest BCUT2D eigenvalue weighted by atomic mass is 35.5. The van der Waals surface area contributed by atoms with Crippen LogP contribution >= 0.6 is 11.6 Å². The summed E-state index contributed by atoms with van der Waals surface area (Å²) in [6, 6.07) is 13.0. The van der Waals surface area contributed by atoms with Crippen molar-refractivity contribution < 1.29 is 9.53 Å². The van der Waals surface area contributed by atoms with Crippen molar-refractivity contribution in [2.75, 3.05) is 12.0 Å². The third-order valence-electron chi connectivity index (χ3n) is 4.69. The number of hydrogen-bond acceptors (Lipinski definition) is 2. The monoisotopic (exact) mass is 343 g/mol. The maximum absolute atomic E-state index is 13.2. The van der Waals surface area contributed by atoms with Gasteiger partial charge in [-0.1, -0.05) is 24.6 Å². The SMILES string of the molecule is COc1ccc2c(c1)C(C)CC(C)(C)N2C(=O)c1cccc(Cl)c1. The normalized spacial score (nSPS) is 18.9. The molecule has 2 aromatic carbocycles. The Kier molecular flexibility index (Phi) is 4.31. The van der Waals surface area contributed by atoms with Gasteiger partial charge in [-0.05, 0) is 68.1 Å². The van der Waals surface area contributed by atoms with E-state index < -0.39 is 0 Å². The molecule has 4 heteroatoms. The highest BCUT2D eigenvalue weighted by molar-refractivity contribution is 6.31. The summed E-state index contributed by atoms with van der Waals surface area (Å²) in [7, 11) is 1.66. The van der Waals surface area contributed by atoms with Crippen LogP contribution in [0.3, 0.4) is 0 Å². The third-order valence-corrected chi connectivity index (χ3v) is 4.93. The van der Waals surface area contributed by atoms with Gasteiger partial charge in [-0.25, -0.2) is 0 Å². The zero-order valence-corrected chi connectivity index (χ0v) is 15.2. The van der Waals surface area contributed by atoms with Crippen molar-refractivity contribution in [2.24, 2.45) is 0 Å². The van der Waals surface area contributed by atoms with Crippen LogP contribution in [0.4, 0.5) is 5.69 Å². The Morgan fingerprint density at radius 2 is 2.00 bits per heavy atom. The Bertz CT molecular complexity index is 785. The summed E-state index contributed by atoms with van der Waals surface area (Å²) in [5, 5.41) is 0.569. The van der Waals surface area contributed by atoms with Gasteiger partial charge in [0.05, 0.1) is 7.11 Å². The molecule has 0 saturated heterocycles. The lowest BCUT2D eigenvalue weighted by molar-refractivity contribution is 0.0954. The van der Waals surface area contributed by atoms with E-state index in [4.69, 9.17) is 16.3 Å². The fourth-order valence-electron chi connectivity index (χ4n) is 3.67. The number of benzene rings is 2. The van der Waals surface area contributed by atoms with Crippen LogP contribution in [-0.2, 0) is 0 Å². The second kappa shape index (κ2) is 6.14. The number of carbonyl (C=O) groups excluding carboxylic acids is 1. The van der Waals surface area contributed by atoms with E-state index in [0.717, 1.165) is 23.4 Å². The number of anilines is 1. The Balaban J connectivity index is 2.12. The van der Waals surface area contributed by atoms with Crippen LogP contribution in [0.15, 0.2) is 42.5 Å². The molecular formula is C20H22ClNO2. The predicted molar refractivity (Wildman–Crippen MR) is 98.4 cm³/mol. The second-order valence-electron chi connectivity index (χ2n) is 6.99. The largest absolute Gasteiger partial charge is 0.497 e. The van der Waals surface area contributed by atoms with E-state index in [9.17, 15) is 4.79 Å². The van der Waals surface area contributed by atoms with Crippen molar-refractivity contribution in [3.63, 3.8) is 0 Å². The zero-order chi connectivity index (χ0) is 17.5. The zero-order valence-electron chi connectivity index (χ0n) is 14.5. The molecule has 1 amide bonds. The summed E-state index contributed by atoms with van der Waals surface area (Å²) in [6.45, 7) is 6.42. The quantitative estimate of drug-likeness (QED) is 0.742. The summed E-state index contributed by atoms with van der Waals surface area (Å²) in [5.74, 6) is 1.14. The molecule has 0 N–H and O–H groups in total. The molecule has 0 aromatic heterocycles. The van der Waals surface area contributed by atoms with E-state index in [1.54, 1.807) is 19.2 Å². The molecule has 0 aliphatic carbocycles. The number of halogens is 1. The van der Waals surface area contributed by atoms with Crippen molar-refractivity contribution in [1.29, 1.82) is 0 Å². The van der Waals surface area contributed by atoms with E-state index >= 15 is 0 Å². The molecule has 0 fully saturated rings. The number of fused-ring (bicyclic) bond motifs is 1. The van der Waals surface area contributed by atoms with Crippen molar-refractivity contribution >= 4 is 23.2 Å². The number of methoxy groups -OCH3 is 1. The molecule has 1 aliphatic rings. The lowest BCUT2D eigenvalue weighted by Gasteiger charge is -2.46. The fourth-order valence-corrected chi connectivity index (χ4v) is 3.86. The first kappa shape index (κ1) is 16.8. The summed E-state index contributed by atoms with van der Waals surface area (Å²) in [6.07, 6.45) is 0.888. The van der Waals surface area contributed by atoms with Crippen LogP contribution in [0.5, 0.6) is 5.75 Å². The van der Waals surface area contributed by atoms with Crippen molar-refractivity contribution in [2.45, 2.75) is 38.6 Å². The minimum absolute atomic E-state index is 0.0270. The fraction of sp³-hybridized carbons (Fsp3) is 0.350. The first-order valence-corrected chi connectivity index (χ1v) is 8.49. The van der Waals surface area contributed by atoms with Crippen LogP contribution in [0.1, 0.15) is 49.0 Å². The number of ether oxygens (including phenoxy) is 1. The van der Waals surface area contributed by atoms with Gasteiger partial charge in [-0.15, -0.1) is 0 Å². The summed E-state index contributed by atoms with van der Waals surface area (Å²) >= 11 is 6.07. The molecule has 1 aliphatic heterocycles. The molecule has 24 heavy (non-hydrogen) atoms. The lowest BCUT2D eigenvalue weighted by Crippen LogP contribution is -2.51. The van der Waals surface area contributed by atoms with E-state index in [1.165, 1.54) is 0 Å². The lowest BCUT2D eigenvalue weighted by atomic mass is 9.79. The first-order valence-electron chi connectivity index (χ1n) is 8.11. The van der Waals surface area contributed by atoms with Gasteiger partial charge in [0.15, 0.2) is 0 Å². The molecule has 0 radical (unpaired) electrons. The Morgan fingerprint density at radius 3 is 2.67 bits per heavy atom. The van der Waals surface area contributed by atoms with E-state index in [0.29, 0.717) is 16.5 Å². The number of rotatable bonds is 2. The number of hydrogen-bond donors (Lipinski definition) is 0. The Labute approximate surface area is 148 Å². The third kappa shape index (κ3) is 2.89. The molecule has 0 spiro atoms. The first-order chi connectivity index (χ1) is 11.3. The van der Waals surface area contributed by atoms with Gasteiger partial charge < -0.3 is 9.64 Å². The highest BCUT2D eigenvalue weighted by Crippen LogP contribution is 2.45. The van der Waals surface area contributed by atoms with Gasteiger partial charge in [-0.3, -0.25) is 4.79 Å². The minimum Gasteiger partial charge on any atom is -0.497 e. The average Bonchev–Trinajstić information content (AvgIpc) is 2.53. The van der Waals surface area contributed by atoms with Gasteiger partial charge in [0, 0.05) is 21.8 Å². The molecule has 126 valence electrons. The molecule has 1 atom stereocenters. The van der Waals surface area contributed by atoms with Crippen LogP contribution in [-0.4, -0.2) is 18.6 Å². The van der Waals surface area contributed by atoms with Crippen LogP contribution < -0.4 is 9.64 Å². The summed E-state index contributed by atoms with van der Waals surface area (Å²) in [4.78, 5) is 15.1. The van der Waals surface area contributed by atoms with E-state index in [-0.39, 0.29) is 11.4 Å². The maximum Gasteiger partial charge on any atom is 0.258 e. The van der Waals surface area contributed by atoms with Gasteiger partial charge in [-0.2, -0.15) is 0 Å². The molecular weight excluding hydrogens is 322 g/mol. The van der Waals surface area contributed by atoms with Crippen LogP contribution in [0.25, 0.3) is 0 Å². The van der Waals surface area contributed by atoms with Crippen molar-refractivity contribution in [1.82, 2.24) is 0 Å². The highest BCUT2D eigenvalue weighted by Gasteiger charge is 2.40. The van der Waals surface area contributed by atoms with E-state index in [1.807, 2.05) is 35.2 Å². The molecule has 1 heterocycles. The van der Waals surface area contributed by atoms with Gasteiger partial charge in [0.25, 0.3) is 5.91 Å². The van der Waals surface area contributed by atoms with Crippen molar-refractivity contribution in [3.8, 4) is 5.75 Å². The predicted octanol–water partition coefficient (Wildman–Crippen LogP) is 5.28. The molecule has 3 rings (SSSR count). The number of carbonyl (C=O) groups is 1. The van der Waals surface area contributed by atoms with Crippen LogP contribution in [0.2, 0.25) is 5.02 Å². The number of nitrogens with zero attached hydrogens (tertiary/aromatic N) is 1.